The van der Waals surface area contributed by atoms with E-state index in [0.717, 1.165) is 0 Å². The average Bonchev–Trinajstić information content (AvgIpc) is 3.32. The van der Waals surface area contributed by atoms with E-state index in [1.807, 2.05) is 18.2 Å². The van der Waals surface area contributed by atoms with Crippen LogP contribution < -0.4 is 15.0 Å². The Hall–Kier alpha value is -3.29. The zero-order valence-electron chi connectivity index (χ0n) is 16.2. The number of nitrogens with zero attached hydrogens (tertiary/aromatic N) is 2. The van der Waals surface area contributed by atoms with Crippen molar-refractivity contribution in [2.24, 2.45) is 5.92 Å². The van der Waals surface area contributed by atoms with Crippen LogP contribution in [0.4, 0.5) is 5.69 Å². The molecule has 1 saturated heterocycles. The minimum atomic E-state index is -0.750. The molecule has 0 bridgehead atoms. The number of piperidine rings is 1. The van der Waals surface area contributed by atoms with Crippen molar-refractivity contribution < 1.29 is 23.5 Å². The number of amides is 3. The fraction of sp³-hybridized carbons (Fsp3) is 0.381. The molecule has 4 rings (SSSR count). The largest absolute Gasteiger partial charge is 0.477 e. The van der Waals surface area contributed by atoms with Gasteiger partial charge in [0.25, 0.3) is 11.8 Å². The van der Waals surface area contributed by atoms with E-state index in [4.69, 9.17) is 9.15 Å². The summed E-state index contributed by atoms with van der Waals surface area (Å²) in [4.78, 5) is 41.2. The zero-order chi connectivity index (χ0) is 20.4. The predicted molar refractivity (Wildman–Crippen MR) is 105 cm³/mol. The SMILES string of the molecule is CNC(=O)[C@@H]1CN(C(=O)C2CCN(C(=O)c3ccco3)CC2)c2ccccc2O1. The van der Waals surface area contributed by atoms with E-state index < -0.39 is 6.10 Å². The van der Waals surface area contributed by atoms with Crippen molar-refractivity contribution in [3.63, 3.8) is 0 Å². The first-order valence-corrected chi connectivity index (χ1v) is 9.70. The smallest absolute Gasteiger partial charge is 0.289 e. The molecular formula is C21H23N3O5. The number of likely N-dealkylation sites (tertiary alicyclic amines) is 1. The number of rotatable bonds is 3. The van der Waals surface area contributed by atoms with E-state index in [1.54, 1.807) is 35.0 Å². The number of likely N-dealkylation sites (N-methyl/N-ethyl adjacent to an activating group) is 1. The molecule has 8 heteroatoms. The Kier molecular flexibility index (Phi) is 5.24. The maximum atomic E-state index is 13.3. The maximum absolute atomic E-state index is 13.3. The molecule has 2 aliphatic heterocycles. The molecule has 0 spiro atoms. The number of benzene rings is 1. The van der Waals surface area contributed by atoms with Gasteiger partial charge in [0.1, 0.15) is 5.75 Å². The third-order valence-electron chi connectivity index (χ3n) is 5.44. The lowest BCUT2D eigenvalue weighted by atomic mass is 9.94. The first-order valence-electron chi connectivity index (χ1n) is 9.70. The average molecular weight is 397 g/mol. The molecule has 0 aliphatic carbocycles. The summed E-state index contributed by atoms with van der Waals surface area (Å²) in [5.74, 6) is 0.150. The Morgan fingerprint density at radius 3 is 2.52 bits per heavy atom. The van der Waals surface area contributed by atoms with Gasteiger partial charge in [-0.15, -0.1) is 0 Å². The lowest BCUT2D eigenvalue weighted by Crippen LogP contribution is -2.52. The van der Waals surface area contributed by atoms with Gasteiger partial charge in [0, 0.05) is 26.1 Å². The lowest BCUT2D eigenvalue weighted by molar-refractivity contribution is -0.128. The van der Waals surface area contributed by atoms with Crippen molar-refractivity contribution in [3.05, 3.63) is 48.4 Å². The first-order chi connectivity index (χ1) is 14.1. The van der Waals surface area contributed by atoms with Gasteiger partial charge in [0.05, 0.1) is 18.5 Å². The number of ether oxygens (including phenoxy) is 1. The van der Waals surface area contributed by atoms with Gasteiger partial charge in [-0.05, 0) is 37.1 Å². The Morgan fingerprint density at radius 2 is 1.83 bits per heavy atom. The number of anilines is 1. The predicted octanol–water partition coefficient (Wildman–Crippen LogP) is 1.67. The minimum Gasteiger partial charge on any atom is -0.477 e. The van der Waals surface area contributed by atoms with E-state index in [1.165, 1.54) is 6.26 Å². The van der Waals surface area contributed by atoms with E-state index in [2.05, 4.69) is 5.32 Å². The molecule has 1 aromatic heterocycles. The van der Waals surface area contributed by atoms with Gasteiger partial charge >= 0.3 is 0 Å². The Balaban J connectivity index is 1.46. The van der Waals surface area contributed by atoms with E-state index in [-0.39, 0.29) is 30.2 Å². The fourth-order valence-electron chi connectivity index (χ4n) is 3.85. The summed E-state index contributed by atoms with van der Waals surface area (Å²) in [7, 11) is 1.55. The highest BCUT2D eigenvalue weighted by atomic mass is 16.5. The molecule has 0 radical (unpaired) electrons. The van der Waals surface area contributed by atoms with E-state index in [9.17, 15) is 14.4 Å². The normalized spacial score (nSPS) is 19.3. The van der Waals surface area contributed by atoms with Gasteiger partial charge in [-0.25, -0.2) is 0 Å². The van der Waals surface area contributed by atoms with Crippen molar-refractivity contribution in [2.75, 3.05) is 31.6 Å². The van der Waals surface area contributed by atoms with Gasteiger partial charge in [-0.3, -0.25) is 14.4 Å². The van der Waals surface area contributed by atoms with Gasteiger partial charge < -0.3 is 24.3 Å². The summed E-state index contributed by atoms with van der Waals surface area (Å²) in [5, 5.41) is 2.58. The Morgan fingerprint density at radius 1 is 1.07 bits per heavy atom. The van der Waals surface area contributed by atoms with Crippen LogP contribution >= 0.6 is 0 Å². The second-order valence-electron chi connectivity index (χ2n) is 7.18. The molecule has 0 unspecified atom stereocenters. The molecule has 1 N–H and O–H groups in total. The highest BCUT2D eigenvalue weighted by Gasteiger charge is 2.37. The summed E-state index contributed by atoms with van der Waals surface area (Å²) in [6.07, 6.45) is 1.85. The van der Waals surface area contributed by atoms with Crippen LogP contribution in [-0.2, 0) is 9.59 Å². The summed E-state index contributed by atoms with van der Waals surface area (Å²) in [5.41, 5.74) is 0.673. The number of hydrogen-bond donors (Lipinski definition) is 1. The number of carbonyl (C=O) groups is 3. The summed E-state index contributed by atoms with van der Waals surface area (Å²) in [6, 6.07) is 10.6. The summed E-state index contributed by atoms with van der Waals surface area (Å²) >= 11 is 0. The number of furan rings is 1. The topological polar surface area (TPSA) is 92.1 Å². The Labute approximate surface area is 168 Å². The van der Waals surface area contributed by atoms with E-state index >= 15 is 0 Å². The lowest BCUT2D eigenvalue weighted by Gasteiger charge is -2.38. The van der Waals surface area contributed by atoms with Gasteiger partial charge in [-0.1, -0.05) is 12.1 Å². The molecule has 1 atom stereocenters. The third-order valence-corrected chi connectivity index (χ3v) is 5.44. The standard InChI is InChI=1S/C21H23N3O5/c1-22-19(25)18-13-24(15-5-2-3-6-16(15)29-18)20(26)14-8-10-23(11-9-14)21(27)17-7-4-12-28-17/h2-7,12,14,18H,8-11,13H2,1H3,(H,22,25)/t18-/m0/s1. The minimum absolute atomic E-state index is 0.0419. The van der Waals surface area contributed by atoms with Crippen LogP contribution in [0.25, 0.3) is 0 Å². The molecular weight excluding hydrogens is 374 g/mol. The number of fused-ring (bicyclic) bond motifs is 1. The number of carbonyl (C=O) groups excluding carboxylic acids is 3. The van der Waals surface area contributed by atoms with E-state index in [0.29, 0.717) is 43.1 Å². The second-order valence-corrected chi connectivity index (χ2v) is 7.18. The molecule has 0 saturated carbocycles. The van der Waals surface area contributed by atoms with Crippen LogP contribution in [0, 0.1) is 5.92 Å². The maximum Gasteiger partial charge on any atom is 0.289 e. The van der Waals surface area contributed by atoms with Gasteiger partial charge in [0.2, 0.25) is 5.91 Å². The van der Waals surface area contributed by atoms with Crippen molar-refractivity contribution in [2.45, 2.75) is 18.9 Å². The summed E-state index contributed by atoms with van der Waals surface area (Å²) < 4.78 is 11.0. The quantitative estimate of drug-likeness (QED) is 0.851. The number of para-hydroxylation sites is 2. The van der Waals surface area contributed by atoms with Crippen LogP contribution in [0.3, 0.4) is 0 Å². The van der Waals surface area contributed by atoms with Crippen molar-refractivity contribution >= 4 is 23.4 Å². The van der Waals surface area contributed by atoms with Crippen molar-refractivity contribution in [1.29, 1.82) is 0 Å². The highest BCUT2D eigenvalue weighted by molar-refractivity contribution is 5.99. The van der Waals surface area contributed by atoms with Crippen LogP contribution in [0.15, 0.2) is 47.1 Å². The molecule has 3 heterocycles. The molecule has 1 fully saturated rings. The highest BCUT2D eigenvalue weighted by Crippen LogP contribution is 2.35. The van der Waals surface area contributed by atoms with Crippen molar-refractivity contribution in [1.82, 2.24) is 10.2 Å². The molecule has 1 aromatic carbocycles. The van der Waals surface area contributed by atoms with Crippen LogP contribution in [-0.4, -0.2) is 55.4 Å². The molecule has 152 valence electrons. The number of nitrogens with one attached hydrogen (secondary N) is 1. The molecule has 2 aromatic rings. The molecule has 2 aliphatic rings. The van der Waals surface area contributed by atoms with Gasteiger partial charge in [-0.2, -0.15) is 0 Å². The fourth-order valence-corrected chi connectivity index (χ4v) is 3.85. The molecule has 29 heavy (non-hydrogen) atoms. The van der Waals surface area contributed by atoms with Crippen LogP contribution in [0.2, 0.25) is 0 Å². The van der Waals surface area contributed by atoms with Crippen LogP contribution in [0.5, 0.6) is 5.75 Å². The van der Waals surface area contributed by atoms with Gasteiger partial charge in [0.15, 0.2) is 11.9 Å². The third kappa shape index (κ3) is 3.70. The Bertz CT molecular complexity index is 903. The van der Waals surface area contributed by atoms with Crippen LogP contribution in [0.1, 0.15) is 23.4 Å². The number of hydrogen-bond acceptors (Lipinski definition) is 5. The van der Waals surface area contributed by atoms with Crippen molar-refractivity contribution in [3.8, 4) is 5.75 Å². The molecule has 3 amide bonds. The molecule has 8 nitrogen and oxygen atoms in total. The summed E-state index contributed by atoms with van der Waals surface area (Å²) in [6.45, 7) is 1.14. The monoisotopic (exact) mass is 397 g/mol. The zero-order valence-corrected chi connectivity index (χ0v) is 16.2. The first kappa shape index (κ1) is 19.0. The second kappa shape index (κ2) is 7.98.